The molecule has 0 atom stereocenters. The van der Waals surface area contributed by atoms with Crippen molar-refractivity contribution in [2.45, 2.75) is 6.61 Å². The number of hydrazone groups is 1. The lowest BCUT2D eigenvalue weighted by atomic mass is 10.1. The predicted octanol–water partition coefficient (Wildman–Crippen LogP) is 3.25. The van der Waals surface area contributed by atoms with Gasteiger partial charge in [0.05, 0.1) is 6.21 Å². The lowest BCUT2D eigenvalue weighted by Gasteiger charge is -2.08. The summed E-state index contributed by atoms with van der Waals surface area (Å²) in [5, 5.41) is 22.6. The minimum Gasteiger partial charge on any atom is -0.507 e. The molecule has 0 radical (unpaired) electrons. The van der Waals surface area contributed by atoms with E-state index in [-0.39, 0.29) is 5.75 Å². The molecule has 0 aliphatic rings. The molecule has 0 saturated carbocycles. The highest BCUT2D eigenvalue weighted by Crippen LogP contribution is 2.23. The smallest absolute Gasteiger partial charge is 0.271 e. The molecule has 32 heavy (non-hydrogen) atoms. The van der Waals surface area contributed by atoms with Crippen molar-refractivity contribution in [2.75, 3.05) is 0 Å². The van der Waals surface area contributed by atoms with E-state index in [2.05, 4.69) is 10.5 Å². The maximum Gasteiger partial charge on any atom is 0.271 e. The number of hydrogen-bond donors (Lipinski definition) is 4. The van der Waals surface area contributed by atoms with Crippen molar-refractivity contribution in [1.82, 2.24) is 10.9 Å². The van der Waals surface area contributed by atoms with Gasteiger partial charge in [-0.25, -0.2) is 10.9 Å². The molecule has 0 bridgehead atoms. The molecule has 0 aromatic heterocycles. The topological polar surface area (TPSA) is 120 Å². The van der Waals surface area contributed by atoms with Crippen LogP contribution in [0.5, 0.6) is 11.5 Å². The van der Waals surface area contributed by atoms with Gasteiger partial charge in [-0.05, 0) is 41.5 Å². The van der Waals surface area contributed by atoms with Gasteiger partial charge < -0.3 is 9.84 Å². The minimum absolute atomic E-state index is 0.0390. The van der Waals surface area contributed by atoms with Gasteiger partial charge in [-0.2, -0.15) is 5.10 Å². The number of hydrogen-bond acceptors (Lipinski definition) is 6. The number of carbonyl (C=O) groups excluding carboxylic acids is 2. The van der Waals surface area contributed by atoms with Crippen LogP contribution in [0.1, 0.15) is 27.0 Å². The van der Waals surface area contributed by atoms with E-state index < -0.39 is 11.8 Å². The monoisotopic (exact) mass is 431 g/mol. The third-order valence-electron chi connectivity index (χ3n) is 4.31. The number of phenolic OH excluding ortho intramolecular Hbond substituents is 1. The first-order valence-corrected chi connectivity index (χ1v) is 9.60. The molecule has 0 unspecified atom stereocenters. The van der Waals surface area contributed by atoms with Crippen LogP contribution in [0.3, 0.4) is 0 Å². The van der Waals surface area contributed by atoms with E-state index in [1.54, 1.807) is 36.4 Å². The van der Waals surface area contributed by atoms with Crippen LogP contribution in [-0.4, -0.2) is 28.3 Å². The summed E-state index contributed by atoms with van der Waals surface area (Å²) < 4.78 is 5.66. The molecule has 0 heterocycles. The lowest BCUT2D eigenvalue weighted by Crippen LogP contribution is -2.17. The highest BCUT2D eigenvalue weighted by atomic mass is 16.5. The maximum absolute atomic E-state index is 12.3. The van der Waals surface area contributed by atoms with Crippen LogP contribution in [0.15, 0.2) is 84.0 Å². The molecular formula is C24H21N3O5. The van der Waals surface area contributed by atoms with E-state index in [0.29, 0.717) is 29.0 Å². The summed E-state index contributed by atoms with van der Waals surface area (Å²) >= 11 is 0. The van der Waals surface area contributed by atoms with Gasteiger partial charge in [0.1, 0.15) is 18.1 Å². The van der Waals surface area contributed by atoms with Crippen LogP contribution in [0.4, 0.5) is 0 Å². The molecule has 162 valence electrons. The van der Waals surface area contributed by atoms with Gasteiger partial charge in [-0.15, -0.1) is 0 Å². The van der Waals surface area contributed by atoms with Crippen molar-refractivity contribution in [1.29, 1.82) is 0 Å². The predicted molar refractivity (Wildman–Crippen MR) is 119 cm³/mol. The van der Waals surface area contributed by atoms with Gasteiger partial charge in [0.15, 0.2) is 0 Å². The van der Waals surface area contributed by atoms with Gasteiger partial charge in [0.25, 0.3) is 11.8 Å². The number of amides is 2. The Kier molecular flexibility index (Phi) is 7.72. The van der Waals surface area contributed by atoms with Crippen LogP contribution < -0.4 is 15.6 Å². The summed E-state index contributed by atoms with van der Waals surface area (Å²) in [5.74, 6) is -0.679. The number of phenols is 1. The van der Waals surface area contributed by atoms with Crippen molar-refractivity contribution in [3.63, 3.8) is 0 Å². The highest BCUT2D eigenvalue weighted by molar-refractivity contribution is 5.96. The molecule has 8 heteroatoms. The zero-order valence-corrected chi connectivity index (χ0v) is 16.9. The molecule has 4 N–H and O–H groups in total. The van der Waals surface area contributed by atoms with Crippen molar-refractivity contribution >= 4 is 24.1 Å². The summed E-state index contributed by atoms with van der Waals surface area (Å²) in [5.41, 5.74) is 6.20. The van der Waals surface area contributed by atoms with Crippen LogP contribution in [0.2, 0.25) is 0 Å². The van der Waals surface area contributed by atoms with Crippen molar-refractivity contribution in [3.8, 4) is 11.5 Å². The van der Waals surface area contributed by atoms with Crippen LogP contribution >= 0.6 is 0 Å². The zero-order valence-electron chi connectivity index (χ0n) is 16.9. The van der Waals surface area contributed by atoms with Crippen molar-refractivity contribution in [2.24, 2.45) is 5.10 Å². The zero-order chi connectivity index (χ0) is 22.8. The Morgan fingerprint density at radius 3 is 2.56 bits per heavy atom. The fourth-order valence-electron chi connectivity index (χ4n) is 2.68. The summed E-state index contributed by atoms with van der Waals surface area (Å²) in [7, 11) is 0. The van der Waals surface area contributed by atoms with E-state index in [0.717, 1.165) is 11.6 Å². The fraction of sp³-hybridized carbons (Fsp3) is 0.0417. The number of nitrogens with one attached hydrogen (secondary N) is 2. The van der Waals surface area contributed by atoms with Crippen LogP contribution in [0, 0.1) is 0 Å². The summed E-state index contributed by atoms with van der Waals surface area (Å²) in [6, 6.07) is 21.0. The molecule has 3 aromatic rings. The van der Waals surface area contributed by atoms with Gasteiger partial charge in [0.2, 0.25) is 0 Å². The second kappa shape index (κ2) is 11.1. The Bertz CT molecular complexity index is 1140. The first kappa shape index (κ1) is 22.3. The van der Waals surface area contributed by atoms with E-state index >= 15 is 0 Å². The number of ether oxygens (including phenoxy) is 1. The molecular weight excluding hydrogens is 410 g/mol. The Morgan fingerprint density at radius 2 is 1.81 bits per heavy atom. The van der Waals surface area contributed by atoms with E-state index in [1.807, 2.05) is 30.3 Å². The largest absolute Gasteiger partial charge is 0.507 e. The van der Waals surface area contributed by atoms with E-state index in [4.69, 9.17) is 9.94 Å². The molecule has 3 rings (SSSR count). The molecule has 0 fully saturated rings. The SMILES string of the molecule is O=C(/C=C/c1cccc(C(=O)N/N=C/c2ccc(OCc3ccccc3)cc2O)c1)NO. The first-order valence-electron chi connectivity index (χ1n) is 9.60. The number of carbonyl (C=O) groups is 2. The Hall–Kier alpha value is -4.43. The number of aromatic hydroxyl groups is 1. The number of nitrogens with zero attached hydrogens (tertiary/aromatic N) is 1. The number of benzene rings is 3. The van der Waals surface area contributed by atoms with Gasteiger partial charge >= 0.3 is 0 Å². The molecule has 3 aromatic carbocycles. The summed E-state index contributed by atoms with van der Waals surface area (Å²) in [6.45, 7) is 0.378. The average molecular weight is 431 g/mol. The molecule has 0 aliphatic carbocycles. The fourth-order valence-corrected chi connectivity index (χ4v) is 2.68. The van der Waals surface area contributed by atoms with Crippen molar-refractivity contribution < 1.29 is 24.6 Å². The van der Waals surface area contributed by atoms with Gasteiger partial charge in [-0.3, -0.25) is 14.8 Å². The third kappa shape index (κ3) is 6.54. The summed E-state index contributed by atoms with van der Waals surface area (Å²) in [6.07, 6.45) is 3.90. The molecule has 0 spiro atoms. The number of rotatable bonds is 8. The third-order valence-corrected chi connectivity index (χ3v) is 4.31. The minimum atomic E-state index is -0.680. The standard InChI is InChI=1S/C24H21N3O5/c28-22-14-21(32-16-18-5-2-1-3-6-18)11-10-20(22)15-25-26-24(30)19-8-4-7-17(13-19)9-12-23(29)27-31/h1-15,28,31H,16H2,(H,26,30)(H,27,29)/b12-9+,25-15+. The van der Waals surface area contributed by atoms with Crippen LogP contribution in [-0.2, 0) is 11.4 Å². The maximum atomic E-state index is 12.3. The lowest BCUT2D eigenvalue weighted by molar-refractivity contribution is -0.124. The Morgan fingerprint density at radius 1 is 1.00 bits per heavy atom. The highest BCUT2D eigenvalue weighted by Gasteiger charge is 2.06. The Balaban J connectivity index is 1.58. The average Bonchev–Trinajstić information content (AvgIpc) is 2.83. The normalized spacial score (nSPS) is 10.9. The Labute approximate surface area is 184 Å². The van der Waals surface area contributed by atoms with Gasteiger partial charge in [-0.1, -0.05) is 42.5 Å². The quantitative estimate of drug-likeness (QED) is 0.189. The van der Waals surface area contributed by atoms with E-state index in [1.165, 1.54) is 23.8 Å². The molecule has 8 nitrogen and oxygen atoms in total. The second-order valence-electron chi connectivity index (χ2n) is 6.63. The van der Waals surface area contributed by atoms with Gasteiger partial charge in [0, 0.05) is 23.3 Å². The molecule has 0 aliphatic heterocycles. The van der Waals surface area contributed by atoms with Crippen molar-refractivity contribution in [3.05, 3.63) is 101 Å². The summed E-state index contributed by atoms with van der Waals surface area (Å²) in [4.78, 5) is 23.3. The molecule has 0 saturated heterocycles. The van der Waals surface area contributed by atoms with Crippen LogP contribution in [0.25, 0.3) is 6.08 Å². The number of hydroxylamine groups is 1. The second-order valence-corrected chi connectivity index (χ2v) is 6.63. The van der Waals surface area contributed by atoms with E-state index in [9.17, 15) is 14.7 Å². The molecule has 2 amide bonds. The first-order chi connectivity index (χ1) is 15.5.